The standard InChI is InChI=1S/C24H30Cl2N2O3/c1-6-17(4)27-24(30)18(5)28(13-19-8-9-20(25)12-21(19)26)23(29)14-31-22-10-7-15(2)11-16(22)3/h7-12,17-18H,6,13-14H2,1-5H3,(H,27,30)/t17-,18-/m0/s1. The van der Waals surface area contributed by atoms with Crippen LogP contribution in [0.15, 0.2) is 36.4 Å². The van der Waals surface area contributed by atoms with Gasteiger partial charge in [-0.05, 0) is 63.4 Å². The minimum Gasteiger partial charge on any atom is -0.483 e. The third kappa shape index (κ3) is 7.15. The quantitative estimate of drug-likeness (QED) is 0.545. The third-order valence-electron chi connectivity index (χ3n) is 5.21. The molecule has 0 aliphatic rings. The molecule has 0 radical (unpaired) electrons. The van der Waals surface area contributed by atoms with Crippen LogP contribution in [0.2, 0.25) is 10.0 Å². The highest BCUT2D eigenvalue weighted by Crippen LogP contribution is 2.24. The molecule has 7 heteroatoms. The maximum Gasteiger partial charge on any atom is 0.261 e. The fraction of sp³-hybridized carbons (Fsp3) is 0.417. The van der Waals surface area contributed by atoms with E-state index < -0.39 is 6.04 Å². The maximum absolute atomic E-state index is 13.1. The van der Waals surface area contributed by atoms with Crippen molar-refractivity contribution in [2.75, 3.05) is 6.61 Å². The van der Waals surface area contributed by atoms with Crippen molar-refractivity contribution in [3.8, 4) is 5.75 Å². The molecule has 0 unspecified atom stereocenters. The number of aryl methyl sites for hydroxylation is 2. The fourth-order valence-corrected chi connectivity index (χ4v) is 3.53. The molecule has 2 rings (SSSR count). The van der Waals surface area contributed by atoms with Gasteiger partial charge in [0.1, 0.15) is 11.8 Å². The second-order valence-electron chi connectivity index (χ2n) is 7.81. The molecule has 0 fully saturated rings. The van der Waals surface area contributed by atoms with Crippen molar-refractivity contribution < 1.29 is 14.3 Å². The summed E-state index contributed by atoms with van der Waals surface area (Å²) in [5.41, 5.74) is 2.77. The van der Waals surface area contributed by atoms with Crippen molar-refractivity contribution in [2.24, 2.45) is 0 Å². The van der Waals surface area contributed by atoms with Crippen molar-refractivity contribution in [1.29, 1.82) is 0 Å². The first-order chi connectivity index (χ1) is 14.6. The van der Waals surface area contributed by atoms with Crippen molar-refractivity contribution in [3.63, 3.8) is 0 Å². The van der Waals surface area contributed by atoms with Gasteiger partial charge in [0.2, 0.25) is 5.91 Å². The number of carbonyl (C=O) groups is 2. The van der Waals surface area contributed by atoms with Gasteiger partial charge in [0.05, 0.1) is 0 Å². The van der Waals surface area contributed by atoms with Crippen molar-refractivity contribution in [2.45, 2.75) is 59.7 Å². The zero-order chi connectivity index (χ0) is 23.1. The summed E-state index contributed by atoms with van der Waals surface area (Å²) in [5.74, 6) is 0.109. The van der Waals surface area contributed by atoms with Crippen LogP contribution < -0.4 is 10.1 Å². The number of carbonyl (C=O) groups excluding carboxylic acids is 2. The van der Waals surface area contributed by atoms with Gasteiger partial charge in [-0.2, -0.15) is 0 Å². The Hall–Kier alpha value is -2.24. The van der Waals surface area contributed by atoms with Gasteiger partial charge in [-0.25, -0.2) is 0 Å². The maximum atomic E-state index is 13.1. The molecule has 2 aromatic rings. The second kappa shape index (κ2) is 11.4. The predicted molar refractivity (Wildman–Crippen MR) is 126 cm³/mol. The summed E-state index contributed by atoms with van der Waals surface area (Å²) in [6.07, 6.45) is 0.797. The van der Waals surface area contributed by atoms with E-state index in [1.54, 1.807) is 25.1 Å². The van der Waals surface area contributed by atoms with Gasteiger partial charge in [-0.3, -0.25) is 9.59 Å². The molecule has 2 aromatic carbocycles. The number of hydrogen-bond donors (Lipinski definition) is 1. The van der Waals surface area contributed by atoms with Gasteiger partial charge in [-0.1, -0.05) is 53.9 Å². The van der Waals surface area contributed by atoms with Crippen LogP contribution in [0.1, 0.15) is 43.9 Å². The summed E-state index contributed by atoms with van der Waals surface area (Å²) < 4.78 is 5.78. The normalized spacial score (nSPS) is 12.7. The summed E-state index contributed by atoms with van der Waals surface area (Å²) in [4.78, 5) is 27.4. The highest BCUT2D eigenvalue weighted by atomic mass is 35.5. The molecular formula is C24H30Cl2N2O3. The van der Waals surface area contributed by atoms with E-state index in [-0.39, 0.29) is 31.0 Å². The van der Waals surface area contributed by atoms with E-state index in [0.717, 1.165) is 17.5 Å². The number of ether oxygens (including phenoxy) is 1. The molecule has 0 aliphatic heterocycles. The van der Waals surface area contributed by atoms with Crippen LogP contribution in [-0.2, 0) is 16.1 Å². The molecule has 5 nitrogen and oxygen atoms in total. The van der Waals surface area contributed by atoms with Gasteiger partial charge >= 0.3 is 0 Å². The minimum atomic E-state index is -0.698. The molecule has 0 aromatic heterocycles. The Morgan fingerprint density at radius 1 is 1.10 bits per heavy atom. The first-order valence-corrected chi connectivity index (χ1v) is 11.1. The minimum absolute atomic E-state index is 0.0116. The molecule has 0 heterocycles. The first kappa shape index (κ1) is 25.0. The predicted octanol–water partition coefficient (Wildman–Crippen LogP) is 5.32. The number of amides is 2. The molecular weight excluding hydrogens is 435 g/mol. The molecule has 0 spiro atoms. The smallest absolute Gasteiger partial charge is 0.261 e. The van der Waals surface area contributed by atoms with Crippen LogP contribution in [0.5, 0.6) is 5.75 Å². The summed E-state index contributed by atoms with van der Waals surface area (Å²) in [6, 6.07) is 10.2. The topological polar surface area (TPSA) is 58.6 Å². The van der Waals surface area contributed by atoms with Crippen LogP contribution >= 0.6 is 23.2 Å². The fourth-order valence-electron chi connectivity index (χ4n) is 3.07. The Morgan fingerprint density at radius 3 is 2.42 bits per heavy atom. The molecule has 0 saturated carbocycles. The Labute approximate surface area is 194 Å². The lowest BCUT2D eigenvalue weighted by atomic mass is 10.1. The van der Waals surface area contributed by atoms with Gasteiger partial charge in [0.25, 0.3) is 5.91 Å². The summed E-state index contributed by atoms with van der Waals surface area (Å²) in [5, 5.41) is 3.88. The average Bonchev–Trinajstić information content (AvgIpc) is 2.71. The Bertz CT molecular complexity index is 933. The molecule has 0 bridgehead atoms. The largest absolute Gasteiger partial charge is 0.483 e. The lowest BCUT2D eigenvalue weighted by molar-refractivity contribution is -0.142. The molecule has 0 saturated heterocycles. The number of benzene rings is 2. The number of rotatable bonds is 9. The van der Waals surface area contributed by atoms with Crippen LogP contribution in [0, 0.1) is 13.8 Å². The molecule has 31 heavy (non-hydrogen) atoms. The van der Waals surface area contributed by atoms with Gasteiger partial charge in [0.15, 0.2) is 6.61 Å². The van der Waals surface area contributed by atoms with Gasteiger partial charge < -0.3 is 15.0 Å². The van der Waals surface area contributed by atoms with E-state index in [4.69, 9.17) is 27.9 Å². The van der Waals surface area contributed by atoms with Crippen molar-refractivity contribution in [1.82, 2.24) is 10.2 Å². The van der Waals surface area contributed by atoms with E-state index in [0.29, 0.717) is 21.4 Å². The second-order valence-corrected chi connectivity index (χ2v) is 8.65. The number of hydrogen-bond acceptors (Lipinski definition) is 3. The molecule has 0 aliphatic carbocycles. The average molecular weight is 465 g/mol. The number of nitrogens with one attached hydrogen (secondary N) is 1. The number of halogens is 2. The SMILES string of the molecule is CC[C@H](C)NC(=O)[C@H](C)N(Cc1ccc(Cl)cc1Cl)C(=O)COc1ccc(C)cc1C. The van der Waals surface area contributed by atoms with E-state index in [2.05, 4.69) is 5.32 Å². The molecule has 1 N–H and O–H groups in total. The summed E-state index contributed by atoms with van der Waals surface area (Å²) >= 11 is 12.3. The highest BCUT2D eigenvalue weighted by Gasteiger charge is 2.27. The Kier molecular flexibility index (Phi) is 9.20. The lowest BCUT2D eigenvalue weighted by Crippen LogP contribution is -2.50. The van der Waals surface area contributed by atoms with Crippen molar-refractivity contribution in [3.05, 3.63) is 63.1 Å². The molecule has 168 valence electrons. The zero-order valence-electron chi connectivity index (χ0n) is 18.7. The Balaban J connectivity index is 2.22. The monoisotopic (exact) mass is 464 g/mol. The molecule has 2 atom stereocenters. The highest BCUT2D eigenvalue weighted by molar-refractivity contribution is 6.35. The van der Waals surface area contributed by atoms with E-state index >= 15 is 0 Å². The van der Waals surface area contributed by atoms with Gasteiger partial charge in [0, 0.05) is 22.6 Å². The van der Waals surface area contributed by atoms with E-state index in [1.807, 2.05) is 45.9 Å². The van der Waals surface area contributed by atoms with E-state index in [9.17, 15) is 9.59 Å². The van der Waals surface area contributed by atoms with E-state index in [1.165, 1.54) is 4.90 Å². The Morgan fingerprint density at radius 2 is 1.81 bits per heavy atom. The first-order valence-electron chi connectivity index (χ1n) is 10.4. The summed E-state index contributed by atoms with van der Waals surface area (Å²) in [6.45, 7) is 9.53. The van der Waals surface area contributed by atoms with Crippen LogP contribution in [-0.4, -0.2) is 35.4 Å². The molecule has 2 amide bonds. The van der Waals surface area contributed by atoms with Gasteiger partial charge in [-0.15, -0.1) is 0 Å². The lowest BCUT2D eigenvalue weighted by Gasteiger charge is -2.30. The number of nitrogens with zero attached hydrogens (tertiary/aromatic N) is 1. The van der Waals surface area contributed by atoms with Crippen molar-refractivity contribution >= 4 is 35.0 Å². The zero-order valence-corrected chi connectivity index (χ0v) is 20.2. The third-order valence-corrected chi connectivity index (χ3v) is 5.79. The summed E-state index contributed by atoms with van der Waals surface area (Å²) in [7, 11) is 0. The van der Waals surface area contributed by atoms with Crippen LogP contribution in [0.4, 0.5) is 0 Å². The van der Waals surface area contributed by atoms with Crippen LogP contribution in [0.3, 0.4) is 0 Å². The van der Waals surface area contributed by atoms with Crippen LogP contribution in [0.25, 0.3) is 0 Å².